The molecule has 0 heterocycles. The second-order valence-electron chi connectivity index (χ2n) is 5.30. The molecule has 2 atom stereocenters. The Morgan fingerprint density at radius 3 is 2.62 bits per heavy atom. The number of aromatic carboxylic acids is 1. The minimum atomic E-state index is -1.14. The van der Waals surface area contributed by atoms with E-state index in [-0.39, 0.29) is 23.0 Å². The Kier molecular flexibility index (Phi) is 4.42. The number of likely N-dealkylation sites (N-methyl/N-ethyl adjacent to an activating group) is 1. The number of nitro groups is 1. The van der Waals surface area contributed by atoms with Gasteiger partial charge in [-0.3, -0.25) is 10.1 Å². The summed E-state index contributed by atoms with van der Waals surface area (Å²) in [6.07, 6.45) is 2.70. The number of nitro benzene ring substituents is 1. The highest BCUT2D eigenvalue weighted by atomic mass is 16.6. The van der Waals surface area contributed by atoms with E-state index in [0.717, 1.165) is 19.3 Å². The van der Waals surface area contributed by atoms with Crippen LogP contribution in [0.3, 0.4) is 0 Å². The van der Waals surface area contributed by atoms with Crippen molar-refractivity contribution in [2.75, 3.05) is 11.9 Å². The van der Waals surface area contributed by atoms with E-state index in [1.807, 2.05) is 0 Å². The predicted molar refractivity (Wildman–Crippen MR) is 76.7 cm³/mol. The van der Waals surface area contributed by atoms with Crippen LogP contribution in [-0.2, 0) is 0 Å². The number of rotatable bonds is 4. The Bertz CT molecular complexity index is 560. The summed E-state index contributed by atoms with van der Waals surface area (Å²) in [7, 11) is 1.66. The van der Waals surface area contributed by atoms with Gasteiger partial charge in [0.2, 0.25) is 0 Å². The first-order valence-corrected chi connectivity index (χ1v) is 6.84. The molecule has 1 aliphatic rings. The molecule has 0 aromatic heterocycles. The average Bonchev–Trinajstić information content (AvgIpc) is 2.46. The van der Waals surface area contributed by atoms with E-state index < -0.39 is 17.0 Å². The van der Waals surface area contributed by atoms with Crippen LogP contribution in [0, 0.1) is 10.1 Å². The molecule has 1 aromatic carbocycles. The molecule has 1 aromatic rings. The van der Waals surface area contributed by atoms with Crippen molar-refractivity contribution in [3.63, 3.8) is 0 Å². The molecule has 0 radical (unpaired) electrons. The fourth-order valence-electron chi connectivity index (χ4n) is 2.82. The van der Waals surface area contributed by atoms with Gasteiger partial charge in [-0.2, -0.15) is 0 Å². The third-order valence-electron chi connectivity index (χ3n) is 3.99. The number of carbonyl (C=O) groups is 1. The van der Waals surface area contributed by atoms with Gasteiger partial charge in [0.25, 0.3) is 5.69 Å². The monoisotopic (exact) mass is 294 g/mol. The van der Waals surface area contributed by atoms with Gasteiger partial charge in [0.1, 0.15) is 5.69 Å². The van der Waals surface area contributed by atoms with Gasteiger partial charge >= 0.3 is 5.97 Å². The molecule has 2 unspecified atom stereocenters. The van der Waals surface area contributed by atoms with Crippen LogP contribution in [0.1, 0.15) is 36.0 Å². The summed E-state index contributed by atoms with van der Waals surface area (Å²) in [5, 5.41) is 30.3. The van der Waals surface area contributed by atoms with Crippen molar-refractivity contribution in [3.05, 3.63) is 33.9 Å². The molecule has 0 bridgehead atoms. The van der Waals surface area contributed by atoms with Gasteiger partial charge in [0.05, 0.1) is 22.6 Å². The van der Waals surface area contributed by atoms with Crippen LogP contribution in [0.5, 0.6) is 0 Å². The second-order valence-corrected chi connectivity index (χ2v) is 5.30. The van der Waals surface area contributed by atoms with E-state index in [1.54, 1.807) is 11.9 Å². The number of nitrogens with zero attached hydrogens (tertiary/aromatic N) is 2. The van der Waals surface area contributed by atoms with Gasteiger partial charge in [-0.15, -0.1) is 0 Å². The first kappa shape index (κ1) is 15.2. The van der Waals surface area contributed by atoms with Crippen molar-refractivity contribution in [2.24, 2.45) is 0 Å². The SMILES string of the molecule is CN(c1cc(C(=O)O)ccc1[N+](=O)[O-])C1CCCCC1O. The Labute approximate surface area is 122 Å². The van der Waals surface area contributed by atoms with E-state index in [0.29, 0.717) is 6.42 Å². The van der Waals surface area contributed by atoms with Crippen molar-refractivity contribution in [3.8, 4) is 0 Å². The number of hydrogen-bond acceptors (Lipinski definition) is 5. The lowest BCUT2D eigenvalue weighted by atomic mass is 9.91. The summed E-state index contributed by atoms with van der Waals surface area (Å²) in [5.74, 6) is -1.14. The average molecular weight is 294 g/mol. The maximum Gasteiger partial charge on any atom is 0.335 e. The summed E-state index contributed by atoms with van der Waals surface area (Å²) < 4.78 is 0. The van der Waals surface area contributed by atoms with Gasteiger partial charge in [0.15, 0.2) is 0 Å². The van der Waals surface area contributed by atoms with E-state index in [9.17, 15) is 20.0 Å². The molecule has 0 saturated heterocycles. The summed E-state index contributed by atoms with van der Waals surface area (Å²) >= 11 is 0. The lowest BCUT2D eigenvalue weighted by Gasteiger charge is -2.36. The quantitative estimate of drug-likeness (QED) is 0.650. The largest absolute Gasteiger partial charge is 0.478 e. The molecular weight excluding hydrogens is 276 g/mol. The standard InChI is InChI=1S/C14H18N2O5/c1-15(11-4-2-3-5-13(11)17)12-8-9(14(18)19)6-7-10(12)16(20)21/h6-8,11,13,17H,2-5H2,1H3,(H,18,19). The van der Waals surface area contributed by atoms with Crippen molar-refractivity contribution in [1.82, 2.24) is 0 Å². The molecule has 2 N–H and O–H groups in total. The van der Waals surface area contributed by atoms with Crippen LogP contribution < -0.4 is 4.90 Å². The number of carboxylic acid groups (broad SMARTS) is 1. The number of benzene rings is 1. The van der Waals surface area contributed by atoms with Crippen LogP contribution in [0.25, 0.3) is 0 Å². The number of aliphatic hydroxyl groups excluding tert-OH is 1. The first-order valence-electron chi connectivity index (χ1n) is 6.84. The second kappa shape index (κ2) is 6.09. The minimum Gasteiger partial charge on any atom is -0.478 e. The molecule has 7 heteroatoms. The Hall–Kier alpha value is -2.15. The van der Waals surface area contributed by atoms with E-state index in [2.05, 4.69) is 0 Å². The molecule has 7 nitrogen and oxygen atoms in total. The van der Waals surface area contributed by atoms with Crippen LogP contribution in [0.4, 0.5) is 11.4 Å². The highest BCUT2D eigenvalue weighted by Crippen LogP contribution is 2.33. The van der Waals surface area contributed by atoms with Crippen molar-refractivity contribution in [2.45, 2.75) is 37.8 Å². The smallest absolute Gasteiger partial charge is 0.335 e. The van der Waals surface area contributed by atoms with Crippen LogP contribution in [0.15, 0.2) is 18.2 Å². The van der Waals surface area contributed by atoms with Gasteiger partial charge in [-0.05, 0) is 25.0 Å². The highest BCUT2D eigenvalue weighted by Gasteiger charge is 2.30. The molecule has 0 amide bonds. The van der Waals surface area contributed by atoms with Crippen molar-refractivity contribution in [1.29, 1.82) is 0 Å². The van der Waals surface area contributed by atoms with Crippen LogP contribution >= 0.6 is 0 Å². The van der Waals surface area contributed by atoms with Gasteiger partial charge in [0, 0.05) is 13.1 Å². The molecule has 0 aliphatic heterocycles. The highest BCUT2D eigenvalue weighted by molar-refractivity contribution is 5.90. The number of carboxylic acids is 1. The van der Waals surface area contributed by atoms with Crippen molar-refractivity contribution >= 4 is 17.3 Å². The van der Waals surface area contributed by atoms with Crippen LogP contribution in [-0.4, -0.2) is 40.3 Å². The molecule has 0 spiro atoms. The molecule has 2 rings (SSSR count). The fourth-order valence-corrected chi connectivity index (χ4v) is 2.82. The van der Waals surface area contributed by atoms with Crippen molar-refractivity contribution < 1.29 is 19.9 Å². The lowest BCUT2D eigenvalue weighted by Crippen LogP contribution is -2.43. The Morgan fingerprint density at radius 1 is 1.38 bits per heavy atom. The Morgan fingerprint density at radius 2 is 2.05 bits per heavy atom. The van der Waals surface area contributed by atoms with Crippen LogP contribution in [0.2, 0.25) is 0 Å². The number of hydrogen-bond donors (Lipinski definition) is 2. The van der Waals surface area contributed by atoms with E-state index in [1.165, 1.54) is 18.2 Å². The maximum atomic E-state index is 11.1. The van der Waals surface area contributed by atoms with Gasteiger partial charge in [-0.1, -0.05) is 12.8 Å². The first-order chi connectivity index (χ1) is 9.91. The third kappa shape index (κ3) is 3.13. The molecule has 1 aliphatic carbocycles. The minimum absolute atomic E-state index is 0.00671. The summed E-state index contributed by atoms with van der Waals surface area (Å²) in [4.78, 5) is 23.3. The fraction of sp³-hybridized carbons (Fsp3) is 0.500. The summed E-state index contributed by atoms with van der Waals surface area (Å²) in [6, 6.07) is 3.47. The Balaban J connectivity index is 2.41. The molecule has 1 saturated carbocycles. The summed E-state index contributed by atoms with van der Waals surface area (Å²) in [6.45, 7) is 0. The molecular formula is C14H18N2O5. The van der Waals surface area contributed by atoms with E-state index in [4.69, 9.17) is 5.11 Å². The normalized spacial score (nSPS) is 21.8. The molecule has 21 heavy (non-hydrogen) atoms. The lowest BCUT2D eigenvalue weighted by molar-refractivity contribution is -0.384. The van der Waals surface area contributed by atoms with E-state index >= 15 is 0 Å². The van der Waals surface area contributed by atoms with Gasteiger partial charge in [-0.25, -0.2) is 4.79 Å². The zero-order valence-corrected chi connectivity index (χ0v) is 11.7. The zero-order chi connectivity index (χ0) is 15.6. The maximum absolute atomic E-state index is 11.1. The summed E-state index contributed by atoms with van der Waals surface area (Å²) in [5.41, 5.74) is 0.0684. The molecule has 114 valence electrons. The number of aliphatic hydroxyl groups is 1. The number of anilines is 1. The van der Waals surface area contributed by atoms with Gasteiger partial charge < -0.3 is 15.1 Å². The topological polar surface area (TPSA) is 104 Å². The molecule has 1 fully saturated rings. The zero-order valence-electron chi connectivity index (χ0n) is 11.7. The third-order valence-corrected chi connectivity index (χ3v) is 3.99. The predicted octanol–water partition coefficient (Wildman–Crippen LogP) is 2.03.